The van der Waals surface area contributed by atoms with Gasteiger partial charge >= 0.3 is 0 Å². The highest BCUT2D eigenvalue weighted by atomic mass is 32.2. The number of nitrogens with one attached hydrogen (secondary N) is 1. The van der Waals surface area contributed by atoms with Crippen LogP contribution >= 0.6 is 0 Å². The van der Waals surface area contributed by atoms with Gasteiger partial charge < -0.3 is 10.2 Å². The van der Waals surface area contributed by atoms with E-state index in [1.165, 1.54) is 17.3 Å². The molecule has 1 heterocycles. The van der Waals surface area contributed by atoms with Gasteiger partial charge in [0.25, 0.3) is 10.0 Å². The predicted molar refractivity (Wildman–Crippen MR) is 92.6 cm³/mol. The zero-order chi connectivity index (χ0) is 17.0. The number of anilines is 1. The summed E-state index contributed by atoms with van der Waals surface area (Å²) in [6.45, 7) is 0.540. The molecule has 0 aliphatic carbocycles. The Morgan fingerprint density at radius 3 is 2.54 bits per heavy atom. The van der Waals surface area contributed by atoms with Crippen molar-refractivity contribution in [3.63, 3.8) is 0 Å². The van der Waals surface area contributed by atoms with E-state index in [1.807, 2.05) is 30.3 Å². The minimum Gasteiger partial charge on any atom is -0.354 e. The highest BCUT2D eigenvalue weighted by molar-refractivity contribution is 7.90. The van der Waals surface area contributed by atoms with Crippen molar-refractivity contribution in [1.29, 1.82) is 0 Å². The summed E-state index contributed by atoms with van der Waals surface area (Å²) in [6, 6.07) is 16.4. The number of rotatable bonds is 5. The zero-order valence-electron chi connectivity index (χ0n) is 12.9. The quantitative estimate of drug-likeness (QED) is 0.894. The lowest BCUT2D eigenvalue weighted by molar-refractivity contribution is -0.119. The molecule has 1 aliphatic rings. The van der Waals surface area contributed by atoms with Gasteiger partial charge in [-0.1, -0.05) is 42.5 Å². The molecule has 7 heteroatoms. The Morgan fingerprint density at radius 2 is 1.75 bits per heavy atom. The molecule has 2 aromatic rings. The van der Waals surface area contributed by atoms with E-state index in [2.05, 4.69) is 9.71 Å². The number of carbonyl (C=O) groups is 1. The smallest absolute Gasteiger partial charge is 0.285 e. The lowest BCUT2D eigenvalue weighted by Gasteiger charge is -2.24. The number of carbonyl (C=O) groups excluding carboxylic acids is 1. The first-order valence-electron chi connectivity index (χ1n) is 7.53. The SMILES string of the molecule is O=C(CN1C=NS(=O)(=O)c2ccccc21)NCCc1ccccc1. The molecule has 0 fully saturated rings. The summed E-state index contributed by atoms with van der Waals surface area (Å²) < 4.78 is 27.4. The molecule has 0 atom stereocenters. The molecule has 1 amide bonds. The van der Waals surface area contributed by atoms with Crippen LogP contribution in [0.25, 0.3) is 0 Å². The summed E-state index contributed by atoms with van der Waals surface area (Å²) >= 11 is 0. The van der Waals surface area contributed by atoms with Gasteiger partial charge in [0.1, 0.15) is 17.8 Å². The van der Waals surface area contributed by atoms with Gasteiger partial charge in [-0.15, -0.1) is 4.40 Å². The summed E-state index contributed by atoms with van der Waals surface area (Å²) in [6.07, 6.45) is 1.93. The second-order valence-corrected chi connectivity index (χ2v) is 6.98. The van der Waals surface area contributed by atoms with Crippen LogP contribution in [0.5, 0.6) is 0 Å². The average Bonchev–Trinajstić information content (AvgIpc) is 2.59. The first kappa shape index (κ1) is 16.2. The van der Waals surface area contributed by atoms with Crippen molar-refractivity contribution >= 4 is 28.0 Å². The van der Waals surface area contributed by atoms with Crippen LogP contribution in [0.3, 0.4) is 0 Å². The number of sulfonamides is 1. The molecule has 124 valence electrons. The molecular formula is C17H17N3O3S. The number of nitrogens with zero attached hydrogens (tertiary/aromatic N) is 2. The summed E-state index contributed by atoms with van der Waals surface area (Å²) in [7, 11) is -3.67. The van der Waals surface area contributed by atoms with Gasteiger partial charge in [-0.05, 0) is 24.1 Å². The first-order chi connectivity index (χ1) is 11.6. The van der Waals surface area contributed by atoms with Crippen molar-refractivity contribution in [2.45, 2.75) is 11.3 Å². The number of para-hydroxylation sites is 1. The molecule has 0 spiro atoms. The van der Waals surface area contributed by atoms with Gasteiger partial charge in [-0.25, -0.2) is 0 Å². The zero-order valence-corrected chi connectivity index (χ0v) is 13.7. The molecule has 6 nitrogen and oxygen atoms in total. The van der Waals surface area contributed by atoms with Crippen LogP contribution in [-0.2, 0) is 21.2 Å². The maximum absolute atomic E-state index is 12.1. The molecule has 2 aromatic carbocycles. The predicted octanol–water partition coefficient (Wildman–Crippen LogP) is 1.58. The van der Waals surface area contributed by atoms with E-state index >= 15 is 0 Å². The van der Waals surface area contributed by atoms with Crippen molar-refractivity contribution in [2.75, 3.05) is 18.0 Å². The molecule has 0 saturated heterocycles. The fourth-order valence-corrected chi connectivity index (χ4v) is 3.53. The van der Waals surface area contributed by atoms with Gasteiger partial charge in [0, 0.05) is 6.54 Å². The van der Waals surface area contributed by atoms with Crippen LogP contribution in [0.15, 0.2) is 63.9 Å². The van der Waals surface area contributed by atoms with E-state index < -0.39 is 10.0 Å². The fraction of sp³-hybridized carbons (Fsp3) is 0.176. The van der Waals surface area contributed by atoms with E-state index in [9.17, 15) is 13.2 Å². The van der Waals surface area contributed by atoms with Crippen LogP contribution in [-0.4, -0.2) is 33.8 Å². The Hall–Kier alpha value is -2.67. The van der Waals surface area contributed by atoms with Gasteiger partial charge in [0.05, 0.1) is 5.69 Å². The molecule has 0 saturated carbocycles. The minimum atomic E-state index is -3.67. The standard InChI is InChI=1S/C17H17N3O3S/c21-17(18-11-10-14-6-2-1-3-7-14)12-20-13-19-24(22,23)16-9-5-4-8-15(16)20/h1-9,13H,10-12H2,(H,18,21). The van der Waals surface area contributed by atoms with Crippen LogP contribution < -0.4 is 10.2 Å². The second-order valence-electron chi connectivity index (χ2n) is 5.38. The molecule has 0 bridgehead atoms. The lowest BCUT2D eigenvalue weighted by Crippen LogP contribution is -2.39. The van der Waals surface area contributed by atoms with Gasteiger partial charge in [0.2, 0.25) is 5.91 Å². The van der Waals surface area contributed by atoms with E-state index in [4.69, 9.17) is 0 Å². The molecule has 0 aromatic heterocycles. The fourth-order valence-electron chi connectivity index (χ4n) is 2.48. The van der Waals surface area contributed by atoms with Crippen LogP contribution in [0, 0.1) is 0 Å². The highest BCUT2D eigenvalue weighted by Gasteiger charge is 2.25. The number of benzene rings is 2. The average molecular weight is 343 g/mol. The molecule has 0 unspecified atom stereocenters. The normalized spacial score (nSPS) is 14.9. The molecule has 3 rings (SSSR count). The lowest BCUT2D eigenvalue weighted by atomic mass is 10.1. The van der Waals surface area contributed by atoms with Gasteiger partial charge in [-0.3, -0.25) is 4.79 Å². The third kappa shape index (κ3) is 3.62. The van der Waals surface area contributed by atoms with Crippen molar-refractivity contribution in [3.05, 3.63) is 60.2 Å². The van der Waals surface area contributed by atoms with Crippen molar-refractivity contribution in [3.8, 4) is 0 Å². The highest BCUT2D eigenvalue weighted by Crippen LogP contribution is 2.28. The third-order valence-corrected chi connectivity index (χ3v) is 4.94. The van der Waals surface area contributed by atoms with Gasteiger partial charge in [0.15, 0.2) is 0 Å². The van der Waals surface area contributed by atoms with Crippen LogP contribution in [0.2, 0.25) is 0 Å². The summed E-state index contributed by atoms with van der Waals surface area (Å²) in [5, 5.41) is 2.84. The van der Waals surface area contributed by atoms with Crippen molar-refractivity contribution in [1.82, 2.24) is 5.32 Å². The summed E-state index contributed by atoms with van der Waals surface area (Å²) in [5.41, 5.74) is 1.61. The largest absolute Gasteiger partial charge is 0.354 e. The molecular weight excluding hydrogens is 326 g/mol. The molecule has 24 heavy (non-hydrogen) atoms. The number of hydrogen-bond acceptors (Lipinski definition) is 4. The minimum absolute atomic E-state index is 0.0187. The first-order valence-corrected chi connectivity index (χ1v) is 8.97. The van der Waals surface area contributed by atoms with Gasteiger partial charge in [-0.2, -0.15) is 8.42 Å². The van der Waals surface area contributed by atoms with Crippen molar-refractivity contribution in [2.24, 2.45) is 4.40 Å². The maximum Gasteiger partial charge on any atom is 0.285 e. The second kappa shape index (κ2) is 6.84. The Morgan fingerprint density at radius 1 is 1.04 bits per heavy atom. The van der Waals surface area contributed by atoms with Crippen LogP contribution in [0.4, 0.5) is 5.69 Å². The Kier molecular flexibility index (Phi) is 4.61. The molecule has 1 N–H and O–H groups in total. The summed E-state index contributed by atoms with van der Waals surface area (Å²) in [4.78, 5) is 13.8. The monoisotopic (exact) mass is 343 g/mol. The Balaban J connectivity index is 1.61. The third-order valence-electron chi connectivity index (χ3n) is 3.67. The maximum atomic E-state index is 12.1. The van der Waals surface area contributed by atoms with E-state index in [0.717, 1.165) is 12.0 Å². The molecule has 0 radical (unpaired) electrons. The summed E-state index contributed by atoms with van der Waals surface area (Å²) in [5.74, 6) is -0.188. The number of amides is 1. The van der Waals surface area contributed by atoms with Crippen molar-refractivity contribution < 1.29 is 13.2 Å². The van der Waals surface area contributed by atoms with Crippen LogP contribution in [0.1, 0.15) is 5.56 Å². The molecule has 1 aliphatic heterocycles. The Bertz CT molecular complexity index is 864. The topological polar surface area (TPSA) is 78.8 Å². The van der Waals surface area contributed by atoms with E-state index in [1.54, 1.807) is 18.2 Å². The number of fused-ring (bicyclic) bond motifs is 1. The van der Waals surface area contributed by atoms with E-state index in [-0.39, 0.29) is 17.3 Å². The number of hydrogen-bond donors (Lipinski definition) is 1. The Labute approximate surface area is 140 Å². The van der Waals surface area contributed by atoms with E-state index in [0.29, 0.717) is 12.2 Å².